The van der Waals surface area contributed by atoms with Crippen LogP contribution < -0.4 is 5.32 Å². The van der Waals surface area contributed by atoms with Crippen molar-refractivity contribution in [1.29, 1.82) is 0 Å². The lowest BCUT2D eigenvalue weighted by molar-refractivity contribution is 0.0949. The van der Waals surface area contributed by atoms with E-state index < -0.39 is 0 Å². The van der Waals surface area contributed by atoms with Crippen molar-refractivity contribution < 1.29 is 13.7 Å². The minimum absolute atomic E-state index is 0.204. The molecular formula is C21H19N3O3. The van der Waals surface area contributed by atoms with Crippen LogP contribution in [0, 0.1) is 11.8 Å². The molecule has 1 aliphatic heterocycles. The summed E-state index contributed by atoms with van der Waals surface area (Å²) in [7, 11) is 0. The maximum absolute atomic E-state index is 12.1. The molecule has 0 atom stereocenters. The van der Waals surface area contributed by atoms with E-state index in [-0.39, 0.29) is 18.1 Å². The largest absolute Gasteiger partial charge is 0.461 e. The minimum Gasteiger partial charge on any atom is -0.461 e. The molecule has 4 rings (SSSR count). The number of hydrogen-bond donors (Lipinski definition) is 1. The Morgan fingerprint density at radius 1 is 1.15 bits per heavy atom. The van der Waals surface area contributed by atoms with Gasteiger partial charge in [-0.15, -0.1) is 0 Å². The summed E-state index contributed by atoms with van der Waals surface area (Å²) < 4.78 is 10.3. The highest BCUT2D eigenvalue weighted by atomic mass is 16.5. The Bertz CT molecular complexity index is 980. The Labute approximate surface area is 157 Å². The predicted molar refractivity (Wildman–Crippen MR) is 99.7 cm³/mol. The van der Waals surface area contributed by atoms with Crippen LogP contribution in [0.25, 0.3) is 11.5 Å². The van der Waals surface area contributed by atoms with Gasteiger partial charge in [0.25, 0.3) is 5.91 Å². The highest BCUT2D eigenvalue weighted by Crippen LogP contribution is 2.20. The van der Waals surface area contributed by atoms with Crippen molar-refractivity contribution >= 4 is 5.91 Å². The van der Waals surface area contributed by atoms with Crippen LogP contribution in [0.2, 0.25) is 0 Å². The second kappa shape index (κ2) is 7.94. The first-order valence-corrected chi connectivity index (χ1v) is 8.83. The van der Waals surface area contributed by atoms with E-state index in [1.54, 1.807) is 18.2 Å². The zero-order chi connectivity index (χ0) is 18.5. The molecule has 0 unspecified atom stereocenters. The van der Waals surface area contributed by atoms with E-state index in [0.29, 0.717) is 18.1 Å². The van der Waals surface area contributed by atoms with Gasteiger partial charge in [0.05, 0.1) is 19.4 Å². The monoisotopic (exact) mass is 361 g/mol. The summed E-state index contributed by atoms with van der Waals surface area (Å²) in [5.41, 5.74) is 3.00. The Morgan fingerprint density at radius 3 is 2.89 bits per heavy atom. The van der Waals surface area contributed by atoms with Gasteiger partial charge < -0.3 is 14.3 Å². The maximum atomic E-state index is 12.1. The van der Waals surface area contributed by atoms with Crippen LogP contribution in [-0.2, 0) is 13.0 Å². The number of benzene rings is 1. The van der Waals surface area contributed by atoms with Gasteiger partial charge >= 0.3 is 0 Å². The second-order valence-corrected chi connectivity index (χ2v) is 6.32. The second-order valence-electron chi connectivity index (χ2n) is 6.32. The third kappa shape index (κ3) is 4.10. The number of nitrogens with zero attached hydrogens (tertiary/aromatic N) is 2. The fourth-order valence-corrected chi connectivity index (χ4v) is 3.05. The predicted octanol–water partition coefficient (Wildman–Crippen LogP) is 2.73. The summed E-state index contributed by atoms with van der Waals surface area (Å²) >= 11 is 0. The summed E-state index contributed by atoms with van der Waals surface area (Å²) in [5.74, 6) is 6.74. The molecule has 3 aromatic rings. The molecule has 136 valence electrons. The molecular weight excluding hydrogens is 342 g/mol. The molecule has 0 spiro atoms. The van der Waals surface area contributed by atoms with Gasteiger partial charge in [-0.3, -0.25) is 9.69 Å². The molecule has 2 aromatic heterocycles. The van der Waals surface area contributed by atoms with Crippen molar-refractivity contribution in [1.82, 2.24) is 15.4 Å². The van der Waals surface area contributed by atoms with E-state index in [9.17, 15) is 4.79 Å². The van der Waals surface area contributed by atoms with Crippen molar-refractivity contribution in [3.8, 4) is 23.4 Å². The molecule has 1 aliphatic rings. The van der Waals surface area contributed by atoms with Crippen LogP contribution in [-0.4, -0.2) is 35.6 Å². The number of furan rings is 1. The van der Waals surface area contributed by atoms with E-state index in [0.717, 1.165) is 19.5 Å². The van der Waals surface area contributed by atoms with Gasteiger partial charge in [-0.05, 0) is 29.7 Å². The van der Waals surface area contributed by atoms with Crippen LogP contribution in [0.4, 0.5) is 0 Å². The number of hydrogen-bond acceptors (Lipinski definition) is 5. The van der Waals surface area contributed by atoms with E-state index in [1.807, 2.05) is 0 Å². The number of carbonyl (C=O) groups excluding carboxylic acids is 1. The molecule has 1 aromatic carbocycles. The van der Waals surface area contributed by atoms with Crippen molar-refractivity contribution in [2.45, 2.75) is 13.0 Å². The Balaban J connectivity index is 1.24. The Kier molecular flexibility index (Phi) is 5.04. The van der Waals surface area contributed by atoms with Crippen LogP contribution in [0.1, 0.15) is 21.6 Å². The number of nitrogens with one attached hydrogen (secondary N) is 1. The zero-order valence-corrected chi connectivity index (χ0v) is 14.8. The lowest BCUT2D eigenvalue weighted by Crippen LogP contribution is -2.31. The number of carbonyl (C=O) groups is 1. The summed E-state index contributed by atoms with van der Waals surface area (Å²) in [5, 5.41) is 6.49. The van der Waals surface area contributed by atoms with Gasteiger partial charge in [-0.25, -0.2) is 0 Å². The third-order valence-electron chi connectivity index (χ3n) is 4.48. The quantitative estimate of drug-likeness (QED) is 0.724. The molecule has 0 radical (unpaired) electrons. The van der Waals surface area contributed by atoms with Crippen LogP contribution in [0.3, 0.4) is 0 Å². The summed E-state index contributed by atoms with van der Waals surface area (Å²) in [6, 6.07) is 13.6. The molecule has 0 saturated carbocycles. The van der Waals surface area contributed by atoms with Crippen molar-refractivity contribution in [3.05, 3.63) is 65.5 Å². The number of aromatic nitrogens is 1. The molecule has 0 saturated heterocycles. The van der Waals surface area contributed by atoms with Gasteiger partial charge in [0.2, 0.25) is 5.76 Å². The number of fused-ring (bicyclic) bond motifs is 1. The van der Waals surface area contributed by atoms with Crippen LogP contribution in [0.5, 0.6) is 0 Å². The smallest absolute Gasteiger partial charge is 0.274 e. The van der Waals surface area contributed by atoms with E-state index in [1.165, 1.54) is 17.4 Å². The highest BCUT2D eigenvalue weighted by Gasteiger charge is 2.15. The average Bonchev–Trinajstić information content (AvgIpc) is 3.39. The fraction of sp³-hybridized carbons (Fsp3) is 0.238. The lowest BCUT2D eigenvalue weighted by atomic mass is 10.0. The summed E-state index contributed by atoms with van der Waals surface area (Å²) in [6.45, 7) is 2.89. The first-order chi connectivity index (χ1) is 13.3. The Hall–Kier alpha value is -3.30. The lowest BCUT2D eigenvalue weighted by Gasteiger charge is -2.26. The molecule has 0 bridgehead atoms. The molecule has 1 amide bonds. The average molecular weight is 361 g/mol. The van der Waals surface area contributed by atoms with E-state index in [4.69, 9.17) is 8.94 Å². The van der Waals surface area contributed by atoms with Gasteiger partial charge in [0.15, 0.2) is 11.5 Å². The first kappa shape index (κ1) is 17.1. The van der Waals surface area contributed by atoms with Crippen LogP contribution >= 0.6 is 0 Å². The molecule has 0 aliphatic carbocycles. The topological polar surface area (TPSA) is 71.5 Å². The summed E-state index contributed by atoms with van der Waals surface area (Å²) in [4.78, 5) is 14.4. The van der Waals surface area contributed by atoms with E-state index in [2.05, 4.69) is 51.5 Å². The molecule has 6 heteroatoms. The minimum atomic E-state index is -0.322. The number of rotatable bonds is 4. The zero-order valence-electron chi connectivity index (χ0n) is 14.8. The molecule has 6 nitrogen and oxygen atoms in total. The van der Waals surface area contributed by atoms with E-state index >= 15 is 0 Å². The van der Waals surface area contributed by atoms with Crippen molar-refractivity contribution in [2.24, 2.45) is 0 Å². The van der Waals surface area contributed by atoms with Gasteiger partial charge in [-0.1, -0.05) is 41.3 Å². The third-order valence-corrected chi connectivity index (χ3v) is 4.48. The molecule has 27 heavy (non-hydrogen) atoms. The standard InChI is InChI=1S/C21H19N3O3/c25-21(18-14-20(27-23-18)19-8-5-13-26-19)22-10-3-4-11-24-12-9-16-6-1-2-7-17(16)15-24/h1-2,5-8,13-14H,9-12,15H2,(H,22,25). The van der Waals surface area contributed by atoms with Gasteiger partial charge in [0.1, 0.15) is 0 Å². The Morgan fingerprint density at radius 2 is 2.04 bits per heavy atom. The number of amides is 1. The van der Waals surface area contributed by atoms with Crippen molar-refractivity contribution in [2.75, 3.05) is 19.6 Å². The SMILES string of the molecule is O=C(NCC#CCN1CCc2ccccc2C1)c1cc(-c2ccco2)on1. The normalized spacial score (nSPS) is 13.5. The fourth-order valence-electron chi connectivity index (χ4n) is 3.05. The van der Waals surface area contributed by atoms with Crippen LogP contribution in [0.15, 0.2) is 57.7 Å². The van der Waals surface area contributed by atoms with Crippen molar-refractivity contribution in [3.63, 3.8) is 0 Å². The molecule has 1 N–H and O–H groups in total. The highest BCUT2D eigenvalue weighted by molar-refractivity contribution is 5.93. The van der Waals surface area contributed by atoms with Gasteiger partial charge in [0, 0.05) is 19.2 Å². The first-order valence-electron chi connectivity index (χ1n) is 8.83. The molecule has 0 fully saturated rings. The van der Waals surface area contributed by atoms with Gasteiger partial charge in [-0.2, -0.15) is 0 Å². The maximum Gasteiger partial charge on any atom is 0.274 e. The molecule has 3 heterocycles. The summed E-state index contributed by atoms with van der Waals surface area (Å²) in [6.07, 6.45) is 2.59.